The maximum absolute atomic E-state index is 12.4. The van der Waals surface area contributed by atoms with Crippen molar-refractivity contribution in [2.24, 2.45) is 0 Å². The monoisotopic (exact) mass is 324 g/mol. The predicted molar refractivity (Wildman–Crippen MR) is 82.9 cm³/mol. The lowest BCUT2D eigenvalue weighted by atomic mass is 10.1. The zero-order valence-corrected chi connectivity index (χ0v) is 13.3. The minimum atomic E-state index is -1.01. The summed E-state index contributed by atoms with van der Waals surface area (Å²) >= 11 is 1.49. The van der Waals surface area contributed by atoms with E-state index in [-0.39, 0.29) is 24.4 Å². The predicted octanol–water partition coefficient (Wildman–Crippen LogP) is 1.68. The van der Waals surface area contributed by atoms with Crippen LogP contribution in [0.15, 0.2) is 16.8 Å². The lowest BCUT2D eigenvalue weighted by molar-refractivity contribution is -0.145. The quantitative estimate of drug-likeness (QED) is 0.914. The van der Waals surface area contributed by atoms with Gasteiger partial charge in [0.2, 0.25) is 5.91 Å². The summed E-state index contributed by atoms with van der Waals surface area (Å²) in [6.45, 7) is 2.30. The van der Waals surface area contributed by atoms with Gasteiger partial charge in [-0.05, 0) is 30.7 Å². The van der Waals surface area contributed by atoms with Crippen LogP contribution in [0.3, 0.4) is 0 Å². The highest BCUT2D eigenvalue weighted by atomic mass is 32.1. The van der Waals surface area contributed by atoms with Gasteiger partial charge in [0, 0.05) is 31.4 Å². The van der Waals surface area contributed by atoms with Crippen molar-refractivity contribution in [2.45, 2.75) is 32.2 Å². The molecule has 1 N–H and O–H groups in total. The Balaban J connectivity index is 2.01. The Labute approximate surface area is 133 Å². The summed E-state index contributed by atoms with van der Waals surface area (Å²) in [5.74, 6) is -1.23. The zero-order chi connectivity index (χ0) is 16.1. The van der Waals surface area contributed by atoms with Gasteiger partial charge in [-0.25, -0.2) is 0 Å². The van der Waals surface area contributed by atoms with Crippen LogP contribution in [-0.4, -0.2) is 58.4 Å². The van der Waals surface area contributed by atoms with Gasteiger partial charge in [0.15, 0.2) is 0 Å². The first-order valence-electron chi connectivity index (χ1n) is 7.29. The first kappa shape index (κ1) is 16.5. The summed E-state index contributed by atoms with van der Waals surface area (Å²) in [5, 5.41) is 12.6. The number of carboxylic acids is 1. The second-order valence-electron chi connectivity index (χ2n) is 5.43. The molecule has 1 aromatic rings. The molecule has 2 rings (SSSR count). The van der Waals surface area contributed by atoms with Gasteiger partial charge in [0.1, 0.15) is 6.54 Å². The van der Waals surface area contributed by atoms with Crippen molar-refractivity contribution in [2.75, 3.05) is 19.6 Å². The average Bonchev–Trinajstić information content (AvgIpc) is 2.89. The second-order valence-corrected chi connectivity index (χ2v) is 6.21. The molecule has 0 saturated carbocycles. The van der Waals surface area contributed by atoms with Crippen LogP contribution in [0.2, 0.25) is 0 Å². The SMILES string of the molecule is CC(=O)N(CC(=O)O)C1CCCN(C(=O)c2ccsc2)CC1. The van der Waals surface area contributed by atoms with Gasteiger partial charge in [-0.1, -0.05) is 0 Å². The molecule has 0 aliphatic carbocycles. The smallest absolute Gasteiger partial charge is 0.323 e. The molecule has 0 radical (unpaired) electrons. The maximum atomic E-state index is 12.4. The molecule has 1 aromatic heterocycles. The van der Waals surface area contributed by atoms with E-state index in [1.54, 1.807) is 4.90 Å². The van der Waals surface area contributed by atoms with Crippen LogP contribution in [0.4, 0.5) is 0 Å². The average molecular weight is 324 g/mol. The maximum Gasteiger partial charge on any atom is 0.323 e. The summed E-state index contributed by atoms with van der Waals surface area (Å²) in [4.78, 5) is 38.1. The molecule has 120 valence electrons. The number of carbonyl (C=O) groups excluding carboxylic acids is 2. The summed E-state index contributed by atoms with van der Waals surface area (Å²) in [7, 11) is 0. The Hall–Kier alpha value is -1.89. The lowest BCUT2D eigenvalue weighted by Gasteiger charge is -2.28. The van der Waals surface area contributed by atoms with E-state index in [0.29, 0.717) is 25.1 Å². The molecule has 6 nitrogen and oxygen atoms in total. The molecule has 0 bridgehead atoms. The van der Waals surface area contributed by atoms with E-state index < -0.39 is 5.97 Å². The largest absolute Gasteiger partial charge is 0.480 e. The minimum Gasteiger partial charge on any atom is -0.480 e. The van der Waals surface area contributed by atoms with E-state index >= 15 is 0 Å². The summed E-state index contributed by atoms with van der Waals surface area (Å²) < 4.78 is 0. The fourth-order valence-electron chi connectivity index (χ4n) is 2.81. The van der Waals surface area contributed by atoms with Crippen molar-refractivity contribution in [3.8, 4) is 0 Å². The number of aliphatic carboxylic acids is 1. The third-order valence-corrected chi connectivity index (χ3v) is 4.59. The minimum absolute atomic E-state index is 0.00881. The van der Waals surface area contributed by atoms with Crippen molar-refractivity contribution in [3.05, 3.63) is 22.4 Å². The molecule has 2 amide bonds. The highest BCUT2D eigenvalue weighted by Gasteiger charge is 2.27. The molecule has 1 unspecified atom stereocenters. The Kier molecular flexibility index (Phi) is 5.54. The van der Waals surface area contributed by atoms with Crippen LogP contribution in [0, 0.1) is 0 Å². The highest BCUT2D eigenvalue weighted by Crippen LogP contribution is 2.19. The molecule has 1 aliphatic heterocycles. The van der Waals surface area contributed by atoms with Gasteiger partial charge < -0.3 is 14.9 Å². The lowest BCUT2D eigenvalue weighted by Crippen LogP contribution is -2.43. The standard InChI is InChI=1S/C15H20N2O4S/c1-11(18)17(9-14(19)20)13-3-2-6-16(7-4-13)15(21)12-5-8-22-10-12/h5,8,10,13H,2-4,6-7,9H2,1H3,(H,19,20). The van der Waals surface area contributed by atoms with E-state index in [1.165, 1.54) is 23.2 Å². The highest BCUT2D eigenvalue weighted by molar-refractivity contribution is 7.08. The molecule has 0 aromatic carbocycles. The second kappa shape index (κ2) is 7.40. The third-order valence-electron chi connectivity index (χ3n) is 3.90. The van der Waals surface area contributed by atoms with Crippen LogP contribution in [0.1, 0.15) is 36.5 Å². The summed E-state index contributed by atoms with van der Waals surface area (Å²) in [6.07, 6.45) is 2.10. The third kappa shape index (κ3) is 4.07. The Morgan fingerprint density at radius 2 is 2.14 bits per heavy atom. The van der Waals surface area contributed by atoms with Gasteiger partial charge in [-0.3, -0.25) is 14.4 Å². The molecule has 1 atom stereocenters. The fourth-order valence-corrected chi connectivity index (χ4v) is 3.44. The molecule has 1 aliphatic rings. The van der Waals surface area contributed by atoms with Gasteiger partial charge >= 0.3 is 5.97 Å². The van der Waals surface area contributed by atoms with Crippen LogP contribution >= 0.6 is 11.3 Å². The first-order chi connectivity index (χ1) is 10.5. The van der Waals surface area contributed by atoms with E-state index in [2.05, 4.69) is 0 Å². The Morgan fingerprint density at radius 1 is 1.36 bits per heavy atom. The van der Waals surface area contributed by atoms with E-state index in [1.807, 2.05) is 16.8 Å². The number of carboxylic acid groups (broad SMARTS) is 1. The topological polar surface area (TPSA) is 77.9 Å². The number of thiophene rings is 1. The molecule has 1 fully saturated rings. The van der Waals surface area contributed by atoms with E-state index in [9.17, 15) is 14.4 Å². The van der Waals surface area contributed by atoms with E-state index in [4.69, 9.17) is 5.11 Å². The van der Waals surface area contributed by atoms with Gasteiger partial charge in [0.25, 0.3) is 5.91 Å². The molecule has 7 heteroatoms. The molecule has 22 heavy (non-hydrogen) atoms. The van der Waals surface area contributed by atoms with Crippen molar-refractivity contribution < 1.29 is 19.5 Å². The number of likely N-dealkylation sites (tertiary alicyclic amines) is 1. The Bertz CT molecular complexity index is 544. The normalized spacial score (nSPS) is 18.6. The van der Waals surface area contributed by atoms with Crippen LogP contribution in [0.25, 0.3) is 0 Å². The van der Waals surface area contributed by atoms with Crippen molar-refractivity contribution >= 4 is 29.1 Å². The molecule has 2 heterocycles. The van der Waals surface area contributed by atoms with Gasteiger partial charge in [-0.2, -0.15) is 11.3 Å². The number of hydrogen-bond donors (Lipinski definition) is 1. The molecular formula is C15H20N2O4S. The van der Waals surface area contributed by atoms with Crippen LogP contribution in [-0.2, 0) is 9.59 Å². The first-order valence-corrected chi connectivity index (χ1v) is 8.24. The van der Waals surface area contributed by atoms with E-state index in [0.717, 1.165) is 12.8 Å². The summed E-state index contributed by atoms with van der Waals surface area (Å²) in [6, 6.07) is 1.69. The molecular weight excluding hydrogens is 304 g/mol. The van der Waals surface area contributed by atoms with Crippen LogP contribution < -0.4 is 0 Å². The van der Waals surface area contributed by atoms with Crippen molar-refractivity contribution in [1.29, 1.82) is 0 Å². The van der Waals surface area contributed by atoms with Crippen molar-refractivity contribution in [3.63, 3.8) is 0 Å². The number of hydrogen-bond acceptors (Lipinski definition) is 4. The van der Waals surface area contributed by atoms with Gasteiger partial charge in [-0.15, -0.1) is 0 Å². The number of amides is 2. The van der Waals surface area contributed by atoms with Crippen LogP contribution in [0.5, 0.6) is 0 Å². The van der Waals surface area contributed by atoms with Gasteiger partial charge in [0.05, 0.1) is 5.56 Å². The number of rotatable bonds is 4. The zero-order valence-electron chi connectivity index (χ0n) is 12.5. The Morgan fingerprint density at radius 3 is 2.73 bits per heavy atom. The summed E-state index contributed by atoms with van der Waals surface area (Å²) in [5.41, 5.74) is 0.692. The molecule has 1 saturated heterocycles. The molecule has 0 spiro atoms. The fraction of sp³-hybridized carbons (Fsp3) is 0.533. The number of carbonyl (C=O) groups is 3. The number of nitrogens with zero attached hydrogens (tertiary/aromatic N) is 2. The van der Waals surface area contributed by atoms with Crippen molar-refractivity contribution in [1.82, 2.24) is 9.80 Å².